The van der Waals surface area contributed by atoms with E-state index in [2.05, 4.69) is 45.4 Å². The second kappa shape index (κ2) is 11.4. The van der Waals surface area contributed by atoms with Gasteiger partial charge in [0.05, 0.1) is 12.0 Å². The molecule has 0 spiro atoms. The quantitative estimate of drug-likeness (QED) is 0.474. The van der Waals surface area contributed by atoms with Gasteiger partial charge in [0.2, 0.25) is 5.91 Å². The molecule has 0 radical (unpaired) electrons. The summed E-state index contributed by atoms with van der Waals surface area (Å²) < 4.78 is 0. The van der Waals surface area contributed by atoms with Crippen molar-refractivity contribution in [2.24, 2.45) is 0 Å². The molecule has 0 bridgehead atoms. The maximum Gasteiger partial charge on any atom is 0.254 e. The number of amides is 2. The van der Waals surface area contributed by atoms with Crippen molar-refractivity contribution in [3.63, 3.8) is 0 Å². The van der Waals surface area contributed by atoms with Crippen LogP contribution in [-0.4, -0.2) is 72.8 Å². The Balaban J connectivity index is 1.15. The minimum atomic E-state index is -0.413. The number of fused-ring (bicyclic) bond motifs is 1. The van der Waals surface area contributed by atoms with E-state index >= 15 is 0 Å². The lowest BCUT2D eigenvalue weighted by molar-refractivity contribution is -0.124. The first kappa shape index (κ1) is 24.7. The molecular weight excluding hydrogens is 468 g/mol. The lowest BCUT2D eigenvalue weighted by Gasteiger charge is -2.39. The number of hydrogen-bond donors (Lipinski definition) is 1. The van der Waals surface area contributed by atoms with Crippen LogP contribution in [-0.2, 0) is 11.3 Å². The third kappa shape index (κ3) is 5.38. The minimum absolute atomic E-state index is 0.00659. The monoisotopic (exact) mass is 502 g/mol. The Morgan fingerprint density at radius 1 is 0.944 bits per heavy atom. The number of thiophene rings is 1. The number of nitrogens with one attached hydrogen (secondary N) is 1. The molecule has 3 aromatic rings. The predicted molar refractivity (Wildman–Crippen MR) is 144 cm³/mol. The van der Waals surface area contributed by atoms with Gasteiger partial charge in [-0.1, -0.05) is 54.6 Å². The summed E-state index contributed by atoms with van der Waals surface area (Å²) in [4.78, 5) is 34.3. The average molecular weight is 503 g/mol. The summed E-state index contributed by atoms with van der Waals surface area (Å²) in [5, 5.41) is 5.19. The zero-order valence-electron chi connectivity index (χ0n) is 20.8. The molecule has 2 aliphatic rings. The number of benzene rings is 2. The molecule has 1 aromatic heterocycles. The molecule has 1 N–H and O–H groups in total. The Kier molecular flexibility index (Phi) is 7.80. The van der Waals surface area contributed by atoms with Crippen LogP contribution in [0, 0.1) is 0 Å². The highest BCUT2D eigenvalue weighted by molar-refractivity contribution is 7.10. The Labute approximate surface area is 217 Å². The molecule has 5 rings (SSSR count). The van der Waals surface area contributed by atoms with E-state index in [1.165, 1.54) is 5.56 Å². The number of likely N-dealkylation sites (N-methyl/N-ethyl adjacent to an activating group) is 1. The summed E-state index contributed by atoms with van der Waals surface area (Å²) in [5.74, 6) is -0.448. The number of rotatable bonds is 8. The van der Waals surface area contributed by atoms with Crippen molar-refractivity contribution >= 4 is 23.2 Å². The van der Waals surface area contributed by atoms with Crippen LogP contribution in [0.2, 0.25) is 0 Å². The highest BCUT2D eigenvalue weighted by Crippen LogP contribution is 2.43. The van der Waals surface area contributed by atoms with Gasteiger partial charge in [-0.3, -0.25) is 14.5 Å². The van der Waals surface area contributed by atoms with Crippen molar-refractivity contribution in [3.8, 4) is 0 Å². The number of hydrogen-bond acceptors (Lipinski definition) is 5. The molecule has 36 heavy (non-hydrogen) atoms. The van der Waals surface area contributed by atoms with Gasteiger partial charge >= 0.3 is 0 Å². The van der Waals surface area contributed by atoms with Gasteiger partial charge in [-0.15, -0.1) is 11.3 Å². The van der Waals surface area contributed by atoms with Gasteiger partial charge < -0.3 is 15.1 Å². The number of carbonyl (C=O) groups is 2. The summed E-state index contributed by atoms with van der Waals surface area (Å²) in [5.41, 5.74) is 2.82. The highest BCUT2D eigenvalue weighted by atomic mass is 32.1. The van der Waals surface area contributed by atoms with Crippen molar-refractivity contribution in [1.29, 1.82) is 0 Å². The summed E-state index contributed by atoms with van der Waals surface area (Å²) in [7, 11) is 1.81. The fourth-order valence-corrected chi connectivity index (χ4v) is 6.31. The Bertz CT molecular complexity index is 1160. The van der Waals surface area contributed by atoms with Crippen LogP contribution in [0.4, 0.5) is 0 Å². The van der Waals surface area contributed by atoms with Crippen molar-refractivity contribution in [1.82, 2.24) is 20.0 Å². The van der Waals surface area contributed by atoms with E-state index in [4.69, 9.17) is 0 Å². The third-order valence-corrected chi connectivity index (χ3v) is 8.30. The molecule has 6 nitrogen and oxygen atoms in total. The topological polar surface area (TPSA) is 55.9 Å². The first-order valence-electron chi connectivity index (χ1n) is 12.8. The SMILES string of the molecule is CN1C(=O)c2ccccc2[C@H](C(=O)NCCCN2CCN(Cc3ccccc3)CC2)[C@@H]1c1cccs1. The molecule has 2 aliphatic heterocycles. The van der Waals surface area contributed by atoms with Crippen LogP contribution < -0.4 is 5.32 Å². The zero-order chi connectivity index (χ0) is 24.9. The van der Waals surface area contributed by atoms with Gasteiger partial charge in [0, 0.05) is 56.8 Å². The summed E-state index contributed by atoms with van der Waals surface area (Å²) in [6.07, 6.45) is 0.914. The lowest BCUT2D eigenvalue weighted by Crippen LogP contribution is -2.47. The molecule has 0 aliphatic carbocycles. The minimum Gasteiger partial charge on any atom is -0.355 e. The van der Waals surface area contributed by atoms with Gasteiger partial charge in [-0.2, -0.15) is 0 Å². The highest BCUT2D eigenvalue weighted by Gasteiger charge is 2.42. The first-order chi connectivity index (χ1) is 17.6. The number of nitrogens with zero attached hydrogens (tertiary/aromatic N) is 3. The van der Waals surface area contributed by atoms with Crippen molar-refractivity contribution in [3.05, 3.63) is 93.7 Å². The largest absolute Gasteiger partial charge is 0.355 e. The Morgan fingerprint density at radius 3 is 2.42 bits per heavy atom. The van der Waals surface area contributed by atoms with Crippen molar-refractivity contribution in [2.75, 3.05) is 46.3 Å². The molecule has 1 fully saturated rings. The lowest BCUT2D eigenvalue weighted by atomic mass is 9.81. The van der Waals surface area contributed by atoms with Crippen LogP contribution >= 0.6 is 11.3 Å². The number of carbonyl (C=O) groups excluding carboxylic acids is 2. The molecule has 2 aromatic carbocycles. The second-order valence-corrected chi connectivity index (χ2v) is 10.7. The molecule has 2 amide bonds. The Hall–Kier alpha value is -3.00. The summed E-state index contributed by atoms with van der Waals surface area (Å²) in [6, 6.07) is 21.9. The molecule has 0 unspecified atom stereocenters. The fraction of sp³-hybridized carbons (Fsp3) is 0.379. The van der Waals surface area contributed by atoms with E-state index in [0.29, 0.717) is 12.1 Å². The fourth-order valence-electron chi connectivity index (χ4n) is 5.41. The summed E-state index contributed by atoms with van der Waals surface area (Å²) in [6.45, 7) is 6.89. The average Bonchev–Trinajstić information content (AvgIpc) is 3.44. The maximum atomic E-state index is 13.5. The standard InChI is InChI=1S/C29H34N4O2S/c1-31-27(25-13-7-20-36-25)26(23-11-5-6-12-24(23)29(31)35)28(34)30-14-8-15-32-16-18-33(19-17-32)21-22-9-3-2-4-10-22/h2-7,9-13,20,26-27H,8,14-19,21H2,1H3,(H,30,34)/t26-,27-/m0/s1. The zero-order valence-corrected chi connectivity index (χ0v) is 21.6. The molecule has 1 saturated heterocycles. The van der Waals surface area contributed by atoms with Gasteiger partial charge in [-0.25, -0.2) is 0 Å². The van der Waals surface area contributed by atoms with Gasteiger partial charge in [0.1, 0.15) is 0 Å². The number of piperazine rings is 1. The summed E-state index contributed by atoms with van der Waals surface area (Å²) >= 11 is 1.59. The van der Waals surface area contributed by atoms with E-state index in [-0.39, 0.29) is 17.9 Å². The van der Waals surface area contributed by atoms with Crippen LogP contribution in [0.25, 0.3) is 0 Å². The van der Waals surface area contributed by atoms with Crippen LogP contribution in [0.15, 0.2) is 72.1 Å². The van der Waals surface area contributed by atoms with Crippen LogP contribution in [0.3, 0.4) is 0 Å². The van der Waals surface area contributed by atoms with Gasteiger partial charge in [0.15, 0.2) is 0 Å². The van der Waals surface area contributed by atoms with Crippen molar-refractivity contribution < 1.29 is 9.59 Å². The van der Waals surface area contributed by atoms with Crippen LogP contribution in [0.5, 0.6) is 0 Å². The van der Waals surface area contributed by atoms with Gasteiger partial charge in [-0.05, 0) is 41.6 Å². The van der Waals surface area contributed by atoms with E-state index in [9.17, 15) is 9.59 Å². The maximum absolute atomic E-state index is 13.5. The van der Waals surface area contributed by atoms with E-state index < -0.39 is 5.92 Å². The molecule has 188 valence electrons. The molecular formula is C29H34N4O2S. The van der Waals surface area contributed by atoms with E-state index in [1.54, 1.807) is 23.3 Å². The van der Waals surface area contributed by atoms with Crippen molar-refractivity contribution in [2.45, 2.75) is 24.9 Å². The Morgan fingerprint density at radius 2 is 1.67 bits per heavy atom. The van der Waals surface area contributed by atoms with Crippen LogP contribution in [0.1, 0.15) is 44.7 Å². The molecule has 7 heteroatoms. The molecule has 2 atom stereocenters. The second-order valence-electron chi connectivity index (χ2n) is 9.69. The molecule has 3 heterocycles. The first-order valence-corrected chi connectivity index (χ1v) is 13.7. The molecule has 0 saturated carbocycles. The van der Waals surface area contributed by atoms with E-state index in [0.717, 1.165) is 56.1 Å². The smallest absolute Gasteiger partial charge is 0.254 e. The third-order valence-electron chi connectivity index (χ3n) is 7.36. The van der Waals surface area contributed by atoms with Gasteiger partial charge in [0.25, 0.3) is 5.91 Å². The normalized spacial score (nSPS) is 20.8. The predicted octanol–water partition coefficient (Wildman–Crippen LogP) is 3.98. The van der Waals surface area contributed by atoms with E-state index in [1.807, 2.05) is 41.8 Å².